The number of halogens is 1. The second kappa shape index (κ2) is 9.15. The fraction of sp³-hybridized carbons (Fsp3) is 0.292. The van der Waals surface area contributed by atoms with Gasteiger partial charge in [0.05, 0.1) is 27.4 Å². The maximum absolute atomic E-state index is 13.5. The zero-order valence-electron chi connectivity index (χ0n) is 18.4. The molecule has 0 fully saturated rings. The van der Waals surface area contributed by atoms with Gasteiger partial charge in [0, 0.05) is 23.5 Å². The largest absolute Gasteiger partial charge is 0.444 e. The zero-order valence-corrected chi connectivity index (χ0v) is 20.0. The van der Waals surface area contributed by atoms with Crippen LogP contribution in [0.3, 0.4) is 0 Å². The van der Waals surface area contributed by atoms with E-state index in [1.807, 2.05) is 43.8 Å². The molecule has 0 saturated carbocycles. The van der Waals surface area contributed by atoms with E-state index in [9.17, 15) is 9.18 Å². The number of thiazole rings is 1. The molecule has 1 aliphatic rings. The molecule has 1 aliphatic heterocycles. The number of fused-ring (bicyclic) bond motifs is 3. The second-order valence-corrected chi connectivity index (χ2v) is 10.0. The smallest absolute Gasteiger partial charge is 0.411 e. The van der Waals surface area contributed by atoms with Crippen LogP contribution >= 0.6 is 23.1 Å². The molecule has 6 nitrogen and oxygen atoms in total. The van der Waals surface area contributed by atoms with Crippen molar-refractivity contribution in [1.82, 2.24) is 14.5 Å². The molecule has 1 N–H and O–H groups in total. The van der Waals surface area contributed by atoms with E-state index in [0.29, 0.717) is 5.69 Å². The van der Waals surface area contributed by atoms with Gasteiger partial charge in [0.2, 0.25) is 0 Å². The average Bonchev–Trinajstić information content (AvgIpc) is 3.38. The summed E-state index contributed by atoms with van der Waals surface area (Å²) in [6, 6.07) is 10.4. The number of aromatic nitrogens is 3. The first kappa shape index (κ1) is 21.9. The van der Waals surface area contributed by atoms with Crippen LogP contribution in [0.1, 0.15) is 28.9 Å². The predicted octanol–water partition coefficient (Wildman–Crippen LogP) is 6.17. The first-order valence-electron chi connectivity index (χ1n) is 10.8. The Bertz CT molecular complexity index is 1350. The topological polar surface area (TPSA) is 69.0 Å². The summed E-state index contributed by atoms with van der Waals surface area (Å²) in [6.07, 6.45) is 0.195. The Balaban J connectivity index is 1.27. The minimum absolute atomic E-state index is 0.130. The third kappa shape index (κ3) is 4.47. The maximum Gasteiger partial charge on any atom is 0.411 e. The van der Waals surface area contributed by atoms with Gasteiger partial charge in [0.15, 0.2) is 0 Å². The van der Waals surface area contributed by atoms with Crippen molar-refractivity contribution in [2.24, 2.45) is 0 Å². The molecule has 1 amide bonds. The molecule has 9 heteroatoms. The molecule has 2 aromatic carbocycles. The van der Waals surface area contributed by atoms with Crippen molar-refractivity contribution in [3.05, 3.63) is 64.2 Å². The summed E-state index contributed by atoms with van der Waals surface area (Å²) in [5, 5.41) is 3.60. The van der Waals surface area contributed by atoms with Crippen LogP contribution in [0.25, 0.3) is 21.6 Å². The zero-order chi connectivity index (χ0) is 22.9. The highest BCUT2D eigenvalue weighted by Crippen LogP contribution is 2.32. The molecule has 0 unspecified atom stereocenters. The fourth-order valence-electron chi connectivity index (χ4n) is 3.98. The summed E-state index contributed by atoms with van der Waals surface area (Å²) < 4.78 is 21.2. The molecule has 3 heterocycles. The molecule has 5 rings (SSSR count). The number of nitrogens with zero attached hydrogens (tertiary/aromatic N) is 3. The lowest BCUT2D eigenvalue weighted by atomic mass is 10.1. The number of carbonyl (C=O) groups excluding carboxylic acids is 1. The molecule has 0 atom stereocenters. The molecule has 0 radical (unpaired) electrons. The number of benzene rings is 2. The normalized spacial score (nSPS) is 13.2. The highest BCUT2D eigenvalue weighted by Gasteiger charge is 2.17. The van der Waals surface area contributed by atoms with Crippen molar-refractivity contribution >= 4 is 45.9 Å². The van der Waals surface area contributed by atoms with Crippen LogP contribution in [0.15, 0.2) is 36.4 Å². The number of aryl methyl sites for hydroxylation is 3. The van der Waals surface area contributed by atoms with Crippen LogP contribution in [0.4, 0.5) is 14.9 Å². The SMILES string of the molecule is CCc1nc(-c2ccc(F)cc2C)sc1COC(=O)Nc1ccc2c(c1)nc1n2CCSC1. The lowest BCUT2D eigenvalue weighted by Gasteiger charge is -2.13. The van der Waals surface area contributed by atoms with E-state index in [2.05, 4.69) is 14.9 Å². The Morgan fingerprint density at radius 1 is 1.24 bits per heavy atom. The number of hydrogen-bond acceptors (Lipinski definition) is 6. The van der Waals surface area contributed by atoms with E-state index in [4.69, 9.17) is 9.72 Å². The molecule has 170 valence electrons. The van der Waals surface area contributed by atoms with Crippen LogP contribution in [-0.2, 0) is 30.1 Å². The quantitative estimate of drug-likeness (QED) is 0.369. The number of thioether (sulfide) groups is 1. The number of imidazole rings is 1. The Kier molecular flexibility index (Phi) is 6.07. The molecular formula is C24H23FN4O2S2. The van der Waals surface area contributed by atoms with Crippen LogP contribution in [0.2, 0.25) is 0 Å². The number of anilines is 1. The Hall–Kier alpha value is -2.91. The van der Waals surface area contributed by atoms with Gasteiger partial charge in [-0.3, -0.25) is 5.32 Å². The monoisotopic (exact) mass is 482 g/mol. The van der Waals surface area contributed by atoms with Crippen molar-refractivity contribution in [3.63, 3.8) is 0 Å². The van der Waals surface area contributed by atoms with Gasteiger partial charge in [0.1, 0.15) is 23.3 Å². The highest BCUT2D eigenvalue weighted by atomic mass is 32.2. The first-order chi connectivity index (χ1) is 16.0. The fourth-order valence-corrected chi connectivity index (χ4v) is 5.99. The van der Waals surface area contributed by atoms with Gasteiger partial charge < -0.3 is 9.30 Å². The van der Waals surface area contributed by atoms with Crippen molar-refractivity contribution < 1.29 is 13.9 Å². The Labute approximate surface area is 199 Å². The molecule has 2 aromatic heterocycles. The number of amides is 1. The van der Waals surface area contributed by atoms with Crippen LogP contribution in [0, 0.1) is 12.7 Å². The third-order valence-corrected chi connectivity index (χ3v) is 7.67. The van der Waals surface area contributed by atoms with Gasteiger partial charge >= 0.3 is 6.09 Å². The number of hydrogen-bond donors (Lipinski definition) is 1. The van der Waals surface area contributed by atoms with Crippen LogP contribution in [-0.4, -0.2) is 26.4 Å². The summed E-state index contributed by atoms with van der Waals surface area (Å²) in [7, 11) is 0. The molecular weight excluding hydrogens is 459 g/mol. The van der Waals surface area contributed by atoms with E-state index in [1.165, 1.54) is 23.5 Å². The molecule has 33 heavy (non-hydrogen) atoms. The van der Waals surface area contributed by atoms with E-state index in [-0.39, 0.29) is 12.4 Å². The Morgan fingerprint density at radius 3 is 2.94 bits per heavy atom. The summed E-state index contributed by atoms with van der Waals surface area (Å²) >= 11 is 3.35. The second-order valence-electron chi connectivity index (χ2n) is 7.84. The van der Waals surface area contributed by atoms with Gasteiger partial charge in [-0.15, -0.1) is 11.3 Å². The molecule has 4 aromatic rings. The molecule has 0 aliphatic carbocycles. The van der Waals surface area contributed by atoms with Crippen molar-refractivity contribution in [2.75, 3.05) is 11.1 Å². The predicted molar refractivity (Wildman–Crippen MR) is 131 cm³/mol. The van der Waals surface area contributed by atoms with E-state index >= 15 is 0 Å². The van der Waals surface area contributed by atoms with Crippen molar-refractivity contribution in [3.8, 4) is 10.6 Å². The first-order valence-corrected chi connectivity index (χ1v) is 12.7. The number of nitrogens with one attached hydrogen (secondary N) is 1. The molecule has 0 saturated heterocycles. The maximum atomic E-state index is 13.5. The summed E-state index contributed by atoms with van der Waals surface area (Å²) in [5.74, 6) is 2.81. The van der Waals surface area contributed by atoms with Gasteiger partial charge in [-0.25, -0.2) is 19.2 Å². The van der Waals surface area contributed by atoms with Crippen LogP contribution in [0.5, 0.6) is 0 Å². The Morgan fingerprint density at radius 2 is 2.12 bits per heavy atom. The van der Waals surface area contributed by atoms with Crippen molar-refractivity contribution in [2.45, 2.75) is 39.2 Å². The van der Waals surface area contributed by atoms with Gasteiger partial charge in [-0.1, -0.05) is 6.92 Å². The standard InChI is InChI=1S/C24H23FN4O2S2/c1-3-18-21(33-23(28-18)17-6-4-15(25)10-14(17)2)12-31-24(30)26-16-5-7-20-19(11-16)27-22-13-32-9-8-29(20)22/h4-7,10-11H,3,8-9,12-13H2,1-2H3,(H,26,30). The van der Waals surface area contributed by atoms with E-state index < -0.39 is 6.09 Å². The number of ether oxygens (including phenoxy) is 1. The van der Waals surface area contributed by atoms with Crippen LogP contribution < -0.4 is 5.32 Å². The minimum atomic E-state index is -0.524. The average molecular weight is 483 g/mol. The van der Waals surface area contributed by atoms with Gasteiger partial charge in [0.25, 0.3) is 0 Å². The van der Waals surface area contributed by atoms with E-state index in [1.54, 1.807) is 6.07 Å². The van der Waals surface area contributed by atoms with Gasteiger partial charge in [-0.2, -0.15) is 11.8 Å². The number of carbonyl (C=O) groups is 1. The lowest BCUT2D eigenvalue weighted by molar-refractivity contribution is 0.156. The van der Waals surface area contributed by atoms with Gasteiger partial charge in [-0.05, 0) is 55.3 Å². The van der Waals surface area contributed by atoms with Crippen molar-refractivity contribution in [1.29, 1.82) is 0 Å². The lowest BCUT2D eigenvalue weighted by Crippen LogP contribution is -2.13. The minimum Gasteiger partial charge on any atom is -0.444 e. The molecule has 0 spiro atoms. The summed E-state index contributed by atoms with van der Waals surface area (Å²) in [4.78, 5) is 22.7. The third-order valence-electron chi connectivity index (χ3n) is 5.63. The molecule has 0 bridgehead atoms. The highest BCUT2D eigenvalue weighted by molar-refractivity contribution is 7.98. The summed E-state index contributed by atoms with van der Waals surface area (Å²) in [5.41, 5.74) is 5.21. The summed E-state index contributed by atoms with van der Waals surface area (Å²) in [6.45, 7) is 4.96. The van der Waals surface area contributed by atoms with E-state index in [0.717, 1.165) is 68.0 Å². The number of rotatable bonds is 5.